The molecule has 2 rings (SSSR count). The molecule has 1 N–H and O–H groups in total. The smallest absolute Gasteiger partial charge is 0.354 e. The second-order valence-electron chi connectivity index (χ2n) is 5.40. The number of carboxylic acids is 1. The highest BCUT2D eigenvalue weighted by atomic mass is 16.4. The molecule has 0 radical (unpaired) electrons. The molecule has 1 aliphatic heterocycles. The number of hydrogen-bond acceptors (Lipinski definition) is 4. The van der Waals surface area contributed by atoms with E-state index in [1.165, 1.54) is 0 Å². The van der Waals surface area contributed by atoms with Gasteiger partial charge in [-0.2, -0.15) is 0 Å². The normalized spacial score (nSPS) is 16.9. The largest absolute Gasteiger partial charge is 0.477 e. The third kappa shape index (κ3) is 3.67. The minimum absolute atomic E-state index is 0.118. The van der Waals surface area contributed by atoms with Gasteiger partial charge < -0.3 is 14.9 Å². The predicted octanol–water partition coefficient (Wildman–Crippen LogP) is 1.56. The number of aromatic nitrogens is 1. The minimum atomic E-state index is -0.968. The molecule has 19 heavy (non-hydrogen) atoms. The third-order valence-electron chi connectivity index (χ3n) is 3.57. The van der Waals surface area contributed by atoms with Crippen molar-refractivity contribution in [2.24, 2.45) is 5.92 Å². The van der Waals surface area contributed by atoms with E-state index in [-0.39, 0.29) is 5.69 Å². The fraction of sp³-hybridized carbons (Fsp3) is 0.571. The molecule has 0 aliphatic carbocycles. The van der Waals surface area contributed by atoms with Crippen LogP contribution in [0.15, 0.2) is 18.3 Å². The standard InChI is InChI=1S/C14H21N3O2/c1-16(2)10-11-4-7-17(8-5-11)12-3-6-15-13(9-12)14(18)19/h3,6,9,11H,4-5,7-8,10H2,1-2H3,(H,18,19). The summed E-state index contributed by atoms with van der Waals surface area (Å²) in [7, 11) is 4.21. The average Bonchev–Trinajstić information content (AvgIpc) is 2.39. The van der Waals surface area contributed by atoms with Gasteiger partial charge in [-0.05, 0) is 45.0 Å². The van der Waals surface area contributed by atoms with Gasteiger partial charge >= 0.3 is 5.97 Å². The van der Waals surface area contributed by atoms with Crippen LogP contribution in [0.4, 0.5) is 5.69 Å². The highest BCUT2D eigenvalue weighted by Crippen LogP contribution is 2.23. The Morgan fingerprint density at radius 1 is 1.47 bits per heavy atom. The molecule has 1 saturated heterocycles. The van der Waals surface area contributed by atoms with Crippen LogP contribution in [0.3, 0.4) is 0 Å². The fourth-order valence-electron chi connectivity index (χ4n) is 2.62. The van der Waals surface area contributed by atoms with Crippen molar-refractivity contribution in [1.82, 2.24) is 9.88 Å². The van der Waals surface area contributed by atoms with Crippen LogP contribution in [0.2, 0.25) is 0 Å². The molecule has 0 aromatic carbocycles. The summed E-state index contributed by atoms with van der Waals surface area (Å²) in [5.74, 6) is -0.226. The molecule has 0 unspecified atom stereocenters. The van der Waals surface area contributed by atoms with Crippen LogP contribution >= 0.6 is 0 Å². The van der Waals surface area contributed by atoms with Crippen molar-refractivity contribution in [3.05, 3.63) is 24.0 Å². The van der Waals surface area contributed by atoms with Crippen molar-refractivity contribution in [3.63, 3.8) is 0 Å². The Labute approximate surface area is 113 Å². The molecule has 1 fully saturated rings. The Balaban J connectivity index is 1.97. The number of carboxylic acid groups (broad SMARTS) is 1. The van der Waals surface area contributed by atoms with Gasteiger partial charge in [-0.1, -0.05) is 0 Å². The molecule has 0 saturated carbocycles. The fourth-order valence-corrected chi connectivity index (χ4v) is 2.62. The molecule has 5 nitrogen and oxygen atoms in total. The number of anilines is 1. The molecule has 0 amide bonds. The van der Waals surface area contributed by atoms with Gasteiger partial charge in [0.25, 0.3) is 0 Å². The van der Waals surface area contributed by atoms with E-state index in [1.807, 2.05) is 6.07 Å². The van der Waals surface area contributed by atoms with Gasteiger partial charge in [0, 0.05) is 31.5 Å². The van der Waals surface area contributed by atoms with Crippen LogP contribution in [-0.4, -0.2) is 54.7 Å². The molecule has 5 heteroatoms. The van der Waals surface area contributed by atoms with Crippen LogP contribution in [0.25, 0.3) is 0 Å². The summed E-state index contributed by atoms with van der Waals surface area (Å²) in [5.41, 5.74) is 1.09. The predicted molar refractivity (Wildman–Crippen MR) is 74.7 cm³/mol. The lowest BCUT2D eigenvalue weighted by Gasteiger charge is -2.34. The first-order chi connectivity index (χ1) is 9.06. The Bertz CT molecular complexity index is 440. The highest BCUT2D eigenvalue weighted by Gasteiger charge is 2.20. The first-order valence-electron chi connectivity index (χ1n) is 6.65. The molecule has 0 bridgehead atoms. The zero-order valence-corrected chi connectivity index (χ0v) is 11.5. The van der Waals surface area contributed by atoms with Gasteiger partial charge in [0.2, 0.25) is 0 Å². The first-order valence-corrected chi connectivity index (χ1v) is 6.65. The zero-order chi connectivity index (χ0) is 13.8. The van der Waals surface area contributed by atoms with Crippen LogP contribution < -0.4 is 4.90 Å². The summed E-state index contributed by atoms with van der Waals surface area (Å²) < 4.78 is 0. The van der Waals surface area contributed by atoms with Crippen molar-refractivity contribution < 1.29 is 9.90 Å². The molecule has 2 heterocycles. The van der Waals surface area contributed by atoms with Gasteiger partial charge in [0.05, 0.1) is 0 Å². The summed E-state index contributed by atoms with van der Waals surface area (Å²) in [6.07, 6.45) is 3.89. The van der Waals surface area contributed by atoms with Crippen LogP contribution in [-0.2, 0) is 0 Å². The van der Waals surface area contributed by atoms with E-state index in [2.05, 4.69) is 28.9 Å². The number of pyridine rings is 1. The number of piperidine rings is 1. The maximum absolute atomic E-state index is 10.9. The monoisotopic (exact) mass is 263 g/mol. The van der Waals surface area contributed by atoms with Gasteiger partial charge in [-0.25, -0.2) is 9.78 Å². The summed E-state index contributed by atoms with van der Waals surface area (Å²) in [6, 6.07) is 3.55. The van der Waals surface area contributed by atoms with E-state index in [0.29, 0.717) is 0 Å². The highest BCUT2D eigenvalue weighted by molar-refractivity contribution is 5.86. The molecule has 104 valence electrons. The van der Waals surface area contributed by atoms with Crippen LogP contribution in [0.5, 0.6) is 0 Å². The molecular formula is C14H21N3O2. The van der Waals surface area contributed by atoms with E-state index in [9.17, 15) is 4.79 Å². The minimum Gasteiger partial charge on any atom is -0.477 e. The van der Waals surface area contributed by atoms with E-state index in [0.717, 1.165) is 44.1 Å². The van der Waals surface area contributed by atoms with Crippen molar-refractivity contribution in [1.29, 1.82) is 0 Å². The third-order valence-corrected chi connectivity index (χ3v) is 3.57. The van der Waals surface area contributed by atoms with E-state index in [1.54, 1.807) is 12.3 Å². The zero-order valence-electron chi connectivity index (χ0n) is 11.5. The summed E-state index contributed by atoms with van der Waals surface area (Å²) in [5, 5.41) is 8.96. The lowest BCUT2D eigenvalue weighted by Crippen LogP contribution is -2.37. The molecule has 0 atom stereocenters. The van der Waals surface area contributed by atoms with E-state index >= 15 is 0 Å². The Hall–Kier alpha value is -1.62. The summed E-state index contributed by atoms with van der Waals surface area (Å²) in [6.45, 7) is 3.10. The topological polar surface area (TPSA) is 56.7 Å². The molecule has 0 spiro atoms. The SMILES string of the molecule is CN(C)CC1CCN(c2ccnc(C(=O)O)c2)CC1. The quantitative estimate of drug-likeness (QED) is 0.893. The number of aromatic carboxylic acids is 1. The van der Waals surface area contributed by atoms with Gasteiger partial charge in [0.15, 0.2) is 0 Å². The van der Waals surface area contributed by atoms with Gasteiger partial charge in [-0.15, -0.1) is 0 Å². The van der Waals surface area contributed by atoms with Crippen LogP contribution in [0, 0.1) is 5.92 Å². The van der Waals surface area contributed by atoms with Crippen molar-refractivity contribution in [3.8, 4) is 0 Å². The summed E-state index contributed by atoms with van der Waals surface area (Å²) >= 11 is 0. The number of rotatable bonds is 4. The van der Waals surface area contributed by atoms with Gasteiger partial charge in [-0.3, -0.25) is 0 Å². The summed E-state index contributed by atoms with van der Waals surface area (Å²) in [4.78, 5) is 19.3. The Morgan fingerprint density at radius 2 is 2.16 bits per heavy atom. The lowest BCUT2D eigenvalue weighted by atomic mass is 9.96. The van der Waals surface area contributed by atoms with Crippen molar-refractivity contribution >= 4 is 11.7 Å². The van der Waals surface area contributed by atoms with Crippen molar-refractivity contribution in [2.75, 3.05) is 38.6 Å². The molecule has 1 aromatic rings. The number of nitrogens with zero attached hydrogens (tertiary/aromatic N) is 3. The van der Waals surface area contributed by atoms with E-state index in [4.69, 9.17) is 5.11 Å². The van der Waals surface area contributed by atoms with Gasteiger partial charge in [0.1, 0.15) is 5.69 Å². The molecular weight excluding hydrogens is 242 g/mol. The number of hydrogen-bond donors (Lipinski definition) is 1. The second-order valence-corrected chi connectivity index (χ2v) is 5.40. The maximum atomic E-state index is 10.9. The van der Waals surface area contributed by atoms with E-state index < -0.39 is 5.97 Å². The Kier molecular flexibility index (Phi) is 4.37. The first kappa shape index (κ1) is 13.8. The maximum Gasteiger partial charge on any atom is 0.354 e. The molecule has 1 aliphatic rings. The second kappa shape index (κ2) is 6.02. The lowest BCUT2D eigenvalue weighted by molar-refractivity contribution is 0.0690. The van der Waals surface area contributed by atoms with Crippen LogP contribution in [0.1, 0.15) is 23.3 Å². The Morgan fingerprint density at radius 3 is 2.74 bits per heavy atom. The van der Waals surface area contributed by atoms with Crippen molar-refractivity contribution in [2.45, 2.75) is 12.8 Å². The average molecular weight is 263 g/mol. The molecule has 1 aromatic heterocycles. The number of carbonyl (C=O) groups is 1.